The number of aromatic carboxylic acids is 1. The van der Waals surface area contributed by atoms with E-state index in [1.165, 1.54) is 0 Å². The first kappa shape index (κ1) is 22.7. The Morgan fingerprint density at radius 1 is 1.15 bits per heavy atom. The molecule has 0 aliphatic carbocycles. The summed E-state index contributed by atoms with van der Waals surface area (Å²) in [6.45, 7) is 4.84. The van der Waals surface area contributed by atoms with Gasteiger partial charge in [-0.1, -0.05) is 0 Å². The van der Waals surface area contributed by atoms with Crippen molar-refractivity contribution in [2.24, 2.45) is 0 Å². The van der Waals surface area contributed by atoms with E-state index in [2.05, 4.69) is 5.32 Å². The lowest BCUT2D eigenvalue weighted by atomic mass is 9.97. The van der Waals surface area contributed by atoms with Crippen molar-refractivity contribution in [2.75, 3.05) is 6.54 Å². The normalized spacial score (nSPS) is 14.4. The van der Waals surface area contributed by atoms with Crippen molar-refractivity contribution in [3.05, 3.63) is 34.9 Å². The molecule has 0 bridgehead atoms. The van der Waals surface area contributed by atoms with Gasteiger partial charge in [0.15, 0.2) is 0 Å². The van der Waals surface area contributed by atoms with Gasteiger partial charge in [-0.05, 0) is 51.0 Å². The van der Waals surface area contributed by atoms with E-state index in [0.717, 1.165) is 6.07 Å². The quantitative estimate of drug-likeness (QED) is 0.591. The fourth-order valence-corrected chi connectivity index (χ4v) is 2.13. The largest absolute Gasteiger partial charge is 0.478 e. The van der Waals surface area contributed by atoms with Crippen LogP contribution < -0.4 is 5.32 Å². The monoisotopic (exact) mass is 393 g/mol. The molecule has 0 aliphatic rings. The van der Waals surface area contributed by atoms with Gasteiger partial charge < -0.3 is 25.4 Å². The lowest BCUT2D eigenvalue weighted by molar-refractivity contribution is -0.137. The van der Waals surface area contributed by atoms with Crippen LogP contribution in [0.5, 0.6) is 0 Å². The van der Waals surface area contributed by atoms with E-state index in [0.29, 0.717) is 12.1 Å². The van der Waals surface area contributed by atoms with E-state index in [9.17, 15) is 33.0 Å². The molecule has 1 rings (SSSR count). The zero-order valence-electron chi connectivity index (χ0n) is 15.0. The van der Waals surface area contributed by atoms with E-state index in [1.54, 1.807) is 20.8 Å². The number of alkyl halides is 3. The smallest absolute Gasteiger partial charge is 0.416 e. The molecule has 2 unspecified atom stereocenters. The van der Waals surface area contributed by atoms with Gasteiger partial charge in [0, 0.05) is 6.54 Å². The Morgan fingerprint density at radius 3 is 2.22 bits per heavy atom. The number of halogens is 3. The van der Waals surface area contributed by atoms with Crippen molar-refractivity contribution in [3.63, 3.8) is 0 Å². The molecule has 2 atom stereocenters. The standard InChI is InChI=1S/C17H22F3NO6/c1-16(2,3)27-15(26)21-5-4-12(22)13(23)9-6-10(14(24)25)8-11(7-9)17(18,19)20/h6-8,12-13,22-23H,4-5H2,1-3H3,(H,21,26)(H,24,25). The molecule has 27 heavy (non-hydrogen) atoms. The highest BCUT2D eigenvalue weighted by atomic mass is 19.4. The number of aliphatic hydroxyl groups excluding tert-OH is 2. The van der Waals surface area contributed by atoms with Crippen LogP contribution in [-0.2, 0) is 10.9 Å². The molecule has 7 nitrogen and oxygen atoms in total. The third-order valence-corrected chi connectivity index (χ3v) is 3.34. The maximum Gasteiger partial charge on any atom is 0.416 e. The first-order valence-corrected chi connectivity index (χ1v) is 7.99. The van der Waals surface area contributed by atoms with Gasteiger partial charge in [0.1, 0.15) is 11.7 Å². The fourth-order valence-electron chi connectivity index (χ4n) is 2.13. The van der Waals surface area contributed by atoms with E-state index >= 15 is 0 Å². The second kappa shape index (κ2) is 8.57. The third-order valence-electron chi connectivity index (χ3n) is 3.34. The Balaban J connectivity index is 2.82. The Bertz CT molecular complexity index is 684. The number of rotatable bonds is 6. The summed E-state index contributed by atoms with van der Waals surface area (Å²) in [4.78, 5) is 22.5. The number of carboxylic acid groups (broad SMARTS) is 1. The summed E-state index contributed by atoms with van der Waals surface area (Å²) >= 11 is 0. The summed E-state index contributed by atoms with van der Waals surface area (Å²) in [6.07, 6.45) is -9.07. The van der Waals surface area contributed by atoms with Crippen LogP contribution in [0, 0.1) is 0 Å². The summed E-state index contributed by atoms with van der Waals surface area (Å²) in [5.41, 5.74) is -3.05. The number of alkyl carbamates (subject to hydrolysis) is 1. The van der Waals surface area contributed by atoms with Crippen LogP contribution in [0.15, 0.2) is 18.2 Å². The average molecular weight is 393 g/mol. The molecule has 0 saturated carbocycles. The molecule has 4 N–H and O–H groups in total. The molecule has 1 amide bonds. The third kappa shape index (κ3) is 7.43. The Kier molecular flexibility index (Phi) is 7.21. The number of nitrogens with one attached hydrogen (secondary N) is 1. The van der Waals surface area contributed by atoms with Crippen LogP contribution in [0.25, 0.3) is 0 Å². The summed E-state index contributed by atoms with van der Waals surface area (Å²) in [5, 5.41) is 31.3. The highest BCUT2D eigenvalue weighted by Crippen LogP contribution is 2.33. The molecule has 0 radical (unpaired) electrons. The average Bonchev–Trinajstić information content (AvgIpc) is 2.50. The van der Waals surface area contributed by atoms with Crippen molar-refractivity contribution in [3.8, 4) is 0 Å². The molecule has 152 valence electrons. The number of hydrogen-bond acceptors (Lipinski definition) is 5. The molecule has 0 saturated heterocycles. The predicted octanol–water partition coefficient (Wildman–Crippen LogP) is 2.71. The SMILES string of the molecule is CC(C)(C)OC(=O)NCCC(O)C(O)c1cc(C(=O)O)cc(C(F)(F)F)c1. The summed E-state index contributed by atoms with van der Waals surface area (Å²) in [5.74, 6) is -1.60. The lowest BCUT2D eigenvalue weighted by Gasteiger charge is -2.22. The Hall–Kier alpha value is -2.33. The molecule has 0 fully saturated rings. The molecule has 0 aliphatic heterocycles. The topological polar surface area (TPSA) is 116 Å². The van der Waals surface area contributed by atoms with E-state index in [1.807, 2.05) is 0 Å². The molecule has 0 heterocycles. The fraction of sp³-hybridized carbons (Fsp3) is 0.529. The zero-order valence-corrected chi connectivity index (χ0v) is 15.0. The van der Waals surface area contributed by atoms with Crippen molar-refractivity contribution in [1.82, 2.24) is 5.32 Å². The van der Waals surface area contributed by atoms with Gasteiger partial charge in [-0.3, -0.25) is 0 Å². The highest BCUT2D eigenvalue weighted by Gasteiger charge is 2.33. The number of benzene rings is 1. The molecule has 0 aromatic heterocycles. The van der Waals surface area contributed by atoms with E-state index < -0.39 is 52.7 Å². The number of hydrogen-bond donors (Lipinski definition) is 4. The highest BCUT2D eigenvalue weighted by molar-refractivity contribution is 5.88. The van der Waals surface area contributed by atoms with Crippen LogP contribution >= 0.6 is 0 Å². The zero-order chi connectivity index (χ0) is 21.0. The lowest BCUT2D eigenvalue weighted by Crippen LogP contribution is -2.34. The molecule has 1 aromatic carbocycles. The van der Waals surface area contributed by atoms with Crippen LogP contribution in [-0.4, -0.2) is 45.6 Å². The number of carbonyl (C=O) groups is 2. The number of aliphatic hydroxyl groups is 2. The molecule has 0 spiro atoms. The molecule has 10 heteroatoms. The minimum Gasteiger partial charge on any atom is -0.478 e. The summed E-state index contributed by atoms with van der Waals surface area (Å²) in [6, 6.07) is 1.86. The summed E-state index contributed by atoms with van der Waals surface area (Å²) in [7, 11) is 0. The second-order valence-electron chi connectivity index (χ2n) is 6.88. The van der Waals surface area contributed by atoms with E-state index in [-0.39, 0.29) is 13.0 Å². The van der Waals surface area contributed by atoms with Gasteiger partial charge in [-0.25, -0.2) is 9.59 Å². The van der Waals surface area contributed by atoms with Crippen molar-refractivity contribution < 1.29 is 42.8 Å². The maximum atomic E-state index is 12.9. The number of carbonyl (C=O) groups excluding carboxylic acids is 1. The van der Waals surface area contributed by atoms with Crippen molar-refractivity contribution in [2.45, 2.75) is 51.2 Å². The van der Waals surface area contributed by atoms with Crippen LogP contribution in [0.2, 0.25) is 0 Å². The van der Waals surface area contributed by atoms with Gasteiger partial charge in [0.05, 0.1) is 17.2 Å². The van der Waals surface area contributed by atoms with Crippen molar-refractivity contribution >= 4 is 12.1 Å². The minimum absolute atomic E-state index is 0.113. The summed E-state index contributed by atoms with van der Waals surface area (Å²) < 4.78 is 43.7. The first-order valence-electron chi connectivity index (χ1n) is 7.99. The minimum atomic E-state index is -4.82. The number of amides is 1. The van der Waals surface area contributed by atoms with Crippen LogP contribution in [0.4, 0.5) is 18.0 Å². The van der Waals surface area contributed by atoms with Crippen molar-refractivity contribution in [1.29, 1.82) is 0 Å². The van der Waals surface area contributed by atoms with E-state index in [4.69, 9.17) is 9.84 Å². The molecular formula is C17H22F3NO6. The number of carboxylic acids is 1. The van der Waals surface area contributed by atoms with Gasteiger partial charge in [-0.2, -0.15) is 13.2 Å². The predicted molar refractivity (Wildman–Crippen MR) is 88.2 cm³/mol. The first-order chi connectivity index (χ1) is 12.2. The van der Waals surface area contributed by atoms with Gasteiger partial charge >= 0.3 is 18.2 Å². The molecular weight excluding hydrogens is 371 g/mol. The van der Waals surface area contributed by atoms with Gasteiger partial charge in [0.25, 0.3) is 0 Å². The maximum absolute atomic E-state index is 12.9. The van der Waals surface area contributed by atoms with Crippen LogP contribution in [0.3, 0.4) is 0 Å². The Labute approximate surface area is 153 Å². The van der Waals surface area contributed by atoms with Gasteiger partial charge in [-0.15, -0.1) is 0 Å². The van der Waals surface area contributed by atoms with Crippen LogP contribution in [0.1, 0.15) is 54.8 Å². The molecule has 1 aromatic rings. The second-order valence-corrected chi connectivity index (χ2v) is 6.88. The Morgan fingerprint density at radius 2 is 1.74 bits per heavy atom. The van der Waals surface area contributed by atoms with Gasteiger partial charge in [0.2, 0.25) is 0 Å². The number of ether oxygens (including phenoxy) is 1.